The van der Waals surface area contributed by atoms with Crippen LogP contribution in [0, 0.1) is 0 Å². The largest absolute Gasteiger partial charge is 0.444 e. The second-order valence-electron chi connectivity index (χ2n) is 3.59. The molecule has 1 aromatic rings. The van der Waals surface area contributed by atoms with Gasteiger partial charge in [-0.1, -0.05) is 30.3 Å². The maximum Gasteiger partial charge on any atom is 0.344 e. The van der Waals surface area contributed by atoms with E-state index in [9.17, 15) is 14.7 Å². The molecule has 0 spiro atoms. The number of ether oxygens (including phenoxy) is 1. The predicted octanol–water partition coefficient (Wildman–Crippen LogP) is 0.389. The van der Waals surface area contributed by atoms with Crippen LogP contribution in [0.5, 0.6) is 0 Å². The topological polar surface area (TPSA) is 63.6 Å². The lowest BCUT2D eigenvalue weighted by Gasteiger charge is -2.20. The van der Waals surface area contributed by atoms with E-state index in [1.165, 1.54) is 6.92 Å². The molecule has 15 heavy (non-hydrogen) atoms. The van der Waals surface area contributed by atoms with Gasteiger partial charge in [0.15, 0.2) is 5.60 Å². The van der Waals surface area contributed by atoms with E-state index >= 15 is 0 Å². The highest BCUT2D eigenvalue weighted by atomic mass is 16.6. The number of carbonyl (C=O) groups excluding carboxylic acids is 2. The van der Waals surface area contributed by atoms with Crippen LogP contribution < -0.4 is 0 Å². The third-order valence-electron chi connectivity index (χ3n) is 2.57. The average molecular weight is 206 g/mol. The molecule has 1 aromatic carbocycles. The Morgan fingerprint density at radius 2 is 1.87 bits per heavy atom. The summed E-state index contributed by atoms with van der Waals surface area (Å²) in [6.45, 7) is 1.48. The first kappa shape index (κ1) is 9.86. The van der Waals surface area contributed by atoms with Crippen molar-refractivity contribution in [2.24, 2.45) is 0 Å². The number of aliphatic hydroxyl groups is 1. The van der Waals surface area contributed by atoms with Crippen molar-refractivity contribution in [3.63, 3.8) is 0 Å². The van der Waals surface area contributed by atoms with Gasteiger partial charge in [0, 0.05) is 5.56 Å². The molecule has 4 heteroatoms. The molecule has 1 saturated heterocycles. The van der Waals surface area contributed by atoms with E-state index in [4.69, 9.17) is 4.74 Å². The third-order valence-corrected chi connectivity index (χ3v) is 2.57. The molecule has 0 aromatic heterocycles. The SMILES string of the molecule is CC1(c2ccccc2)OC(=O)C(O)C1=O. The lowest BCUT2D eigenvalue weighted by molar-refractivity contribution is -0.153. The Balaban J connectivity index is 2.45. The molecule has 0 saturated carbocycles. The first-order chi connectivity index (χ1) is 7.05. The summed E-state index contributed by atoms with van der Waals surface area (Å²) in [5.41, 5.74) is -0.780. The highest BCUT2D eigenvalue weighted by Crippen LogP contribution is 2.33. The lowest BCUT2D eigenvalue weighted by atomic mass is 9.91. The molecular weight excluding hydrogens is 196 g/mol. The minimum Gasteiger partial charge on any atom is -0.444 e. The number of ketones is 1. The molecule has 0 bridgehead atoms. The number of cyclic esters (lactones) is 1. The van der Waals surface area contributed by atoms with E-state index in [-0.39, 0.29) is 0 Å². The van der Waals surface area contributed by atoms with Crippen molar-refractivity contribution in [2.45, 2.75) is 18.6 Å². The summed E-state index contributed by atoms with van der Waals surface area (Å²) in [6.07, 6.45) is -1.66. The lowest BCUT2D eigenvalue weighted by Crippen LogP contribution is -2.33. The Morgan fingerprint density at radius 3 is 2.33 bits per heavy atom. The van der Waals surface area contributed by atoms with Crippen molar-refractivity contribution in [1.29, 1.82) is 0 Å². The second-order valence-corrected chi connectivity index (χ2v) is 3.59. The molecule has 1 aliphatic rings. The van der Waals surface area contributed by atoms with Crippen LogP contribution in [0.4, 0.5) is 0 Å². The molecule has 1 fully saturated rings. The van der Waals surface area contributed by atoms with E-state index in [0.717, 1.165) is 0 Å². The third kappa shape index (κ3) is 1.34. The number of rotatable bonds is 1. The zero-order valence-corrected chi connectivity index (χ0v) is 8.14. The Kier molecular flexibility index (Phi) is 2.08. The molecule has 78 valence electrons. The summed E-state index contributed by atoms with van der Waals surface area (Å²) in [4.78, 5) is 22.7. The highest BCUT2D eigenvalue weighted by molar-refractivity contribution is 6.11. The van der Waals surface area contributed by atoms with Gasteiger partial charge in [-0.3, -0.25) is 4.79 Å². The van der Waals surface area contributed by atoms with Crippen LogP contribution in [-0.2, 0) is 19.9 Å². The first-order valence-corrected chi connectivity index (χ1v) is 4.56. The van der Waals surface area contributed by atoms with E-state index in [2.05, 4.69) is 0 Å². The fourth-order valence-corrected chi connectivity index (χ4v) is 1.63. The van der Waals surface area contributed by atoms with Crippen LogP contribution in [0.15, 0.2) is 30.3 Å². The van der Waals surface area contributed by atoms with Gasteiger partial charge in [-0.05, 0) is 6.92 Å². The van der Waals surface area contributed by atoms with Crippen molar-refractivity contribution >= 4 is 11.8 Å². The van der Waals surface area contributed by atoms with Gasteiger partial charge in [-0.25, -0.2) is 4.79 Å². The molecule has 2 rings (SSSR count). The monoisotopic (exact) mass is 206 g/mol. The van der Waals surface area contributed by atoms with Gasteiger partial charge < -0.3 is 9.84 Å². The van der Waals surface area contributed by atoms with E-state index in [1.807, 2.05) is 0 Å². The molecule has 0 amide bonds. The normalized spacial score (nSPS) is 30.4. The molecule has 0 radical (unpaired) electrons. The number of Topliss-reactive ketones (excluding diaryl/α,β-unsaturated/α-hetero) is 1. The number of carbonyl (C=O) groups is 2. The van der Waals surface area contributed by atoms with Crippen LogP contribution in [0.3, 0.4) is 0 Å². The molecule has 1 aliphatic heterocycles. The molecule has 0 aliphatic carbocycles. The van der Waals surface area contributed by atoms with Crippen LogP contribution >= 0.6 is 0 Å². The smallest absolute Gasteiger partial charge is 0.344 e. The van der Waals surface area contributed by atoms with Crippen LogP contribution in [0.25, 0.3) is 0 Å². The standard InChI is InChI=1S/C11H10O4/c1-11(7-5-3-2-4-6-7)9(13)8(12)10(14)15-11/h2-6,8,12H,1H3. The fraction of sp³-hybridized carbons (Fsp3) is 0.273. The molecule has 1 N–H and O–H groups in total. The minimum atomic E-state index is -1.66. The quantitative estimate of drug-likeness (QED) is 0.533. The molecule has 1 heterocycles. The Labute approximate surface area is 86.5 Å². The minimum absolute atomic E-state index is 0.569. The number of hydrogen-bond donors (Lipinski definition) is 1. The first-order valence-electron chi connectivity index (χ1n) is 4.56. The van der Waals surface area contributed by atoms with Crippen molar-refractivity contribution in [2.75, 3.05) is 0 Å². The molecule has 2 unspecified atom stereocenters. The van der Waals surface area contributed by atoms with Crippen molar-refractivity contribution in [1.82, 2.24) is 0 Å². The van der Waals surface area contributed by atoms with Gasteiger partial charge in [0.05, 0.1) is 0 Å². The summed E-state index contributed by atoms with van der Waals surface area (Å²) in [5.74, 6) is -1.50. The summed E-state index contributed by atoms with van der Waals surface area (Å²) in [5, 5.41) is 9.24. The summed E-state index contributed by atoms with van der Waals surface area (Å²) in [7, 11) is 0. The second kappa shape index (κ2) is 3.17. The van der Waals surface area contributed by atoms with Gasteiger partial charge in [0.1, 0.15) is 0 Å². The van der Waals surface area contributed by atoms with E-state index in [1.54, 1.807) is 30.3 Å². The van der Waals surface area contributed by atoms with Crippen LogP contribution in [0.1, 0.15) is 12.5 Å². The number of benzene rings is 1. The summed E-state index contributed by atoms with van der Waals surface area (Å²) in [6, 6.07) is 8.65. The van der Waals surface area contributed by atoms with E-state index in [0.29, 0.717) is 5.56 Å². The molecule has 2 atom stereocenters. The van der Waals surface area contributed by atoms with Crippen molar-refractivity contribution < 1.29 is 19.4 Å². The number of hydrogen-bond acceptors (Lipinski definition) is 4. The van der Waals surface area contributed by atoms with Crippen molar-refractivity contribution in [3.8, 4) is 0 Å². The van der Waals surface area contributed by atoms with Gasteiger partial charge in [-0.15, -0.1) is 0 Å². The number of aliphatic hydroxyl groups excluding tert-OH is 1. The maximum absolute atomic E-state index is 11.6. The number of esters is 1. The van der Waals surface area contributed by atoms with Gasteiger partial charge in [0.2, 0.25) is 11.9 Å². The van der Waals surface area contributed by atoms with Gasteiger partial charge in [-0.2, -0.15) is 0 Å². The van der Waals surface area contributed by atoms with E-state index < -0.39 is 23.5 Å². The zero-order valence-electron chi connectivity index (χ0n) is 8.14. The van der Waals surface area contributed by atoms with Crippen molar-refractivity contribution in [3.05, 3.63) is 35.9 Å². The zero-order chi connectivity index (χ0) is 11.1. The van der Waals surface area contributed by atoms with Crippen LogP contribution in [0.2, 0.25) is 0 Å². The Hall–Kier alpha value is -1.68. The fourth-order valence-electron chi connectivity index (χ4n) is 1.63. The molecular formula is C11H10O4. The van der Waals surface area contributed by atoms with Gasteiger partial charge >= 0.3 is 5.97 Å². The highest BCUT2D eigenvalue weighted by Gasteiger charge is 2.52. The van der Waals surface area contributed by atoms with Gasteiger partial charge in [0.25, 0.3) is 0 Å². The Bertz CT molecular complexity index is 412. The maximum atomic E-state index is 11.6. The molecule has 4 nitrogen and oxygen atoms in total. The van der Waals surface area contributed by atoms with Crippen LogP contribution in [-0.4, -0.2) is 23.0 Å². The average Bonchev–Trinajstić information content (AvgIpc) is 2.45. The summed E-state index contributed by atoms with van der Waals surface area (Å²) >= 11 is 0. The summed E-state index contributed by atoms with van der Waals surface area (Å²) < 4.78 is 4.92. The predicted molar refractivity (Wildman–Crippen MR) is 50.9 cm³/mol. The Morgan fingerprint density at radius 1 is 1.27 bits per heavy atom.